The van der Waals surface area contributed by atoms with E-state index in [1.54, 1.807) is 15.6 Å². The van der Waals surface area contributed by atoms with Crippen molar-refractivity contribution in [3.05, 3.63) is 112 Å². The van der Waals surface area contributed by atoms with Gasteiger partial charge in [0.15, 0.2) is 13.9 Å². The van der Waals surface area contributed by atoms with Gasteiger partial charge in [0.05, 0.1) is 36.6 Å². The highest BCUT2D eigenvalue weighted by atomic mass is 35.5. The van der Waals surface area contributed by atoms with E-state index in [-0.39, 0.29) is 36.0 Å². The molecule has 2 aliphatic heterocycles. The van der Waals surface area contributed by atoms with Gasteiger partial charge in [0.1, 0.15) is 0 Å². The van der Waals surface area contributed by atoms with E-state index >= 15 is 0 Å². The van der Waals surface area contributed by atoms with E-state index in [0.29, 0.717) is 30.2 Å². The Kier molecular flexibility index (Phi) is 8.04. The molecule has 8 nitrogen and oxygen atoms in total. The molecule has 1 aromatic heterocycles. The van der Waals surface area contributed by atoms with Crippen LogP contribution < -0.4 is 4.90 Å². The summed E-state index contributed by atoms with van der Waals surface area (Å²) in [6.45, 7) is 6.69. The topological polar surface area (TPSA) is 101 Å². The van der Waals surface area contributed by atoms with Crippen LogP contribution in [0.1, 0.15) is 41.6 Å². The molecule has 1 fully saturated rings. The smallest absolute Gasteiger partial charge is 0.264 e. The van der Waals surface area contributed by atoms with Crippen molar-refractivity contribution in [2.45, 2.75) is 62.7 Å². The predicted octanol–water partition coefficient (Wildman–Crippen LogP) is 5.49. The molecule has 6 rings (SSSR count). The molecule has 0 bridgehead atoms. The maximum Gasteiger partial charge on any atom is 0.264 e. The van der Waals surface area contributed by atoms with E-state index in [9.17, 15) is 14.7 Å². The molecule has 224 valence electrons. The van der Waals surface area contributed by atoms with Crippen LogP contribution in [0.15, 0.2) is 85.1 Å². The van der Waals surface area contributed by atoms with Crippen molar-refractivity contribution in [1.82, 2.24) is 15.0 Å². The fraction of sp³-hybridized carbons (Fsp3) is 0.364. The quantitative estimate of drug-likeness (QED) is 0.241. The van der Waals surface area contributed by atoms with E-state index in [1.807, 2.05) is 99.0 Å². The number of carbonyl (C=O) groups excluding carboxylic acids is 1. The summed E-state index contributed by atoms with van der Waals surface area (Å²) in [7, 11) is -2.81. The third-order valence-electron chi connectivity index (χ3n) is 9.07. The van der Waals surface area contributed by atoms with E-state index in [2.05, 4.69) is 10.3 Å². The first-order chi connectivity index (χ1) is 20.6. The molecule has 5 atom stereocenters. The zero-order valence-corrected chi connectivity index (χ0v) is 26.4. The minimum atomic E-state index is -2.81. The van der Waals surface area contributed by atoms with E-state index in [1.165, 1.54) is 0 Å². The largest absolute Gasteiger partial charge is 0.432 e. The van der Waals surface area contributed by atoms with Gasteiger partial charge in [-0.2, -0.15) is 0 Å². The Hall–Kier alpha value is -3.34. The van der Waals surface area contributed by atoms with Crippen LogP contribution in [0.2, 0.25) is 23.7 Å². The van der Waals surface area contributed by atoms with E-state index in [4.69, 9.17) is 16.3 Å². The molecule has 3 aromatic carbocycles. The van der Waals surface area contributed by atoms with Gasteiger partial charge in [-0.25, -0.2) is 0 Å². The van der Waals surface area contributed by atoms with Crippen LogP contribution in [-0.4, -0.2) is 51.8 Å². The highest BCUT2D eigenvalue weighted by Crippen LogP contribution is 2.60. The number of aliphatic hydroxyl groups is 1. The average Bonchev–Trinajstić information content (AvgIpc) is 3.64. The monoisotopic (exact) mass is 616 g/mol. The van der Waals surface area contributed by atoms with Crippen molar-refractivity contribution in [2.75, 3.05) is 11.5 Å². The molecule has 3 heterocycles. The Bertz CT molecular complexity index is 1600. The lowest BCUT2D eigenvalue weighted by Crippen LogP contribution is -2.46. The standard InChI is InChI=1S/C33H37ClN4O4Si/c1-22-31(43(2,3)41)30(16-17-37-20-28(35-36-37)26(21-39)24-12-8-5-9-13-24)42-33(22)27-18-25(34)14-15-29(27)38(32(33)40)19-23-10-6-4-7-11-23/h4-15,18,20,22,26,30-31,39,41H,16-17,19,21H2,1-3H3/t22-,26?,30+,31-,33+/m1/s1. The fourth-order valence-electron chi connectivity index (χ4n) is 7.14. The second-order valence-corrected chi connectivity index (χ2v) is 16.6. The van der Waals surface area contributed by atoms with Crippen LogP contribution >= 0.6 is 11.6 Å². The van der Waals surface area contributed by atoms with Crippen molar-refractivity contribution in [2.24, 2.45) is 5.92 Å². The molecule has 1 unspecified atom stereocenters. The number of amides is 1. The Morgan fingerprint density at radius 1 is 1.07 bits per heavy atom. The molecular weight excluding hydrogens is 580 g/mol. The number of carbonyl (C=O) groups is 1. The highest BCUT2D eigenvalue weighted by Gasteiger charge is 2.66. The molecule has 1 saturated heterocycles. The second kappa shape index (κ2) is 11.6. The zero-order chi connectivity index (χ0) is 30.4. The fourth-order valence-corrected chi connectivity index (χ4v) is 9.91. The van der Waals surface area contributed by atoms with Crippen molar-refractivity contribution in [3.8, 4) is 0 Å². The molecule has 0 saturated carbocycles. The van der Waals surface area contributed by atoms with Crippen LogP contribution in [-0.2, 0) is 28.2 Å². The number of aryl methyl sites for hydroxylation is 1. The molecular formula is C33H37ClN4O4Si. The number of aromatic nitrogens is 3. The zero-order valence-electron chi connectivity index (χ0n) is 24.6. The van der Waals surface area contributed by atoms with Gasteiger partial charge >= 0.3 is 0 Å². The van der Waals surface area contributed by atoms with Gasteiger partial charge in [0.2, 0.25) is 0 Å². The van der Waals surface area contributed by atoms with Gasteiger partial charge < -0.3 is 19.5 Å². The molecule has 0 radical (unpaired) electrons. The number of aliphatic hydroxyl groups excluding tert-OH is 1. The highest BCUT2D eigenvalue weighted by molar-refractivity contribution is 6.71. The third-order valence-corrected chi connectivity index (χ3v) is 11.8. The SMILES string of the molecule is C[C@@H]1[C@@H]([Si](C)(C)O)[C@H](CCn2cc(C(CO)c3ccccc3)nn2)O[C@@]12C(=O)N(Cc1ccccc1)c1ccc(Cl)cc12. The van der Waals surface area contributed by atoms with Crippen LogP contribution in [0, 0.1) is 5.92 Å². The van der Waals surface area contributed by atoms with Crippen LogP contribution in [0.25, 0.3) is 0 Å². The lowest BCUT2D eigenvalue weighted by molar-refractivity contribution is -0.146. The minimum Gasteiger partial charge on any atom is -0.432 e. The lowest BCUT2D eigenvalue weighted by Gasteiger charge is -2.32. The number of halogens is 1. The Labute approximate surface area is 258 Å². The molecule has 2 N–H and O–H groups in total. The maximum absolute atomic E-state index is 14.5. The summed E-state index contributed by atoms with van der Waals surface area (Å²) in [5.74, 6) is -0.674. The summed E-state index contributed by atoms with van der Waals surface area (Å²) in [5.41, 5.74) is 2.76. The van der Waals surface area contributed by atoms with Crippen molar-refractivity contribution in [3.63, 3.8) is 0 Å². The molecule has 4 aromatic rings. The van der Waals surface area contributed by atoms with Crippen LogP contribution in [0.3, 0.4) is 0 Å². The van der Waals surface area contributed by atoms with E-state index in [0.717, 1.165) is 22.4 Å². The van der Waals surface area contributed by atoms with Gasteiger partial charge in [-0.05, 0) is 48.8 Å². The van der Waals surface area contributed by atoms with Crippen LogP contribution in [0.5, 0.6) is 0 Å². The Balaban J connectivity index is 1.30. The Morgan fingerprint density at radius 2 is 1.77 bits per heavy atom. The second-order valence-electron chi connectivity index (χ2n) is 12.2. The number of ether oxygens (including phenoxy) is 1. The lowest BCUT2D eigenvalue weighted by atomic mass is 9.82. The van der Waals surface area contributed by atoms with E-state index < -0.39 is 13.9 Å². The first kappa shape index (κ1) is 29.7. The summed E-state index contributed by atoms with van der Waals surface area (Å²) in [6, 6.07) is 25.2. The summed E-state index contributed by atoms with van der Waals surface area (Å²) in [5, 5.41) is 19.3. The number of fused-ring (bicyclic) bond motifs is 2. The minimum absolute atomic E-state index is 0.0790. The first-order valence-corrected chi connectivity index (χ1v) is 18.2. The van der Waals surface area contributed by atoms with Gasteiger partial charge in [-0.1, -0.05) is 84.4 Å². The third kappa shape index (κ3) is 5.34. The first-order valence-electron chi connectivity index (χ1n) is 14.8. The maximum atomic E-state index is 14.5. The average molecular weight is 617 g/mol. The molecule has 1 amide bonds. The molecule has 2 aliphatic rings. The van der Waals surface area contributed by atoms with Gasteiger partial charge in [0, 0.05) is 34.8 Å². The molecule has 1 spiro atoms. The predicted molar refractivity (Wildman–Crippen MR) is 168 cm³/mol. The van der Waals surface area contributed by atoms with Crippen molar-refractivity contribution in [1.29, 1.82) is 0 Å². The van der Waals surface area contributed by atoms with Crippen LogP contribution in [0.4, 0.5) is 5.69 Å². The van der Waals surface area contributed by atoms with Gasteiger partial charge in [-0.15, -0.1) is 5.10 Å². The number of nitrogens with zero attached hydrogens (tertiary/aromatic N) is 4. The molecule has 43 heavy (non-hydrogen) atoms. The number of anilines is 1. The Morgan fingerprint density at radius 3 is 2.44 bits per heavy atom. The van der Waals surface area contributed by atoms with Gasteiger partial charge in [0.25, 0.3) is 5.91 Å². The number of benzene rings is 3. The normalized spacial score (nSPS) is 24.1. The summed E-state index contributed by atoms with van der Waals surface area (Å²) in [6.07, 6.45) is 2.01. The summed E-state index contributed by atoms with van der Waals surface area (Å²) >= 11 is 6.51. The summed E-state index contributed by atoms with van der Waals surface area (Å²) < 4.78 is 8.67. The number of hydrogen-bond donors (Lipinski definition) is 2. The number of hydrogen-bond acceptors (Lipinski definition) is 6. The van der Waals surface area contributed by atoms with Gasteiger partial charge in [-0.3, -0.25) is 9.48 Å². The van der Waals surface area contributed by atoms with Crippen molar-refractivity contribution < 1.29 is 19.4 Å². The summed E-state index contributed by atoms with van der Waals surface area (Å²) in [4.78, 5) is 27.9. The molecule has 10 heteroatoms. The van der Waals surface area contributed by atoms with Crippen molar-refractivity contribution >= 4 is 31.5 Å². The number of rotatable bonds is 9. The molecule has 0 aliphatic carbocycles.